The van der Waals surface area contributed by atoms with E-state index in [1.54, 1.807) is 7.11 Å². The Balaban J connectivity index is 2.20. The van der Waals surface area contributed by atoms with Crippen LogP contribution in [0.5, 0.6) is 5.75 Å². The number of benzene rings is 2. The summed E-state index contributed by atoms with van der Waals surface area (Å²) in [6.07, 6.45) is 1.05. The lowest BCUT2D eigenvalue weighted by molar-refractivity contribution is 0.414. The Morgan fingerprint density at radius 2 is 1.75 bits per heavy atom. The number of anilines is 1. The van der Waals surface area contributed by atoms with E-state index >= 15 is 0 Å². The molecule has 20 heavy (non-hydrogen) atoms. The van der Waals surface area contributed by atoms with Gasteiger partial charge in [0.2, 0.25) is 0 Å². The molecule has 1 atom stereocenters. The van der Waals surface area contributed by atoms with Gasteiger partial charge in [0.1, 0.15) is 5.75 Å². The van der Waals surface area contributed by atoms with Crippen LogP contribution in [0.15, 0.2) is 42.5 Å². The maximum Gasteiger partial charge on any atom is 0.119 e. The highest BCUT2D eigenvalue weighted by molar-refractivity contribution is 5.55. The van der Waals surface area contributed by atoms with Crippen LogP contribution < -0.4 is 10.1 Å². The van der Waals surface area contributed by atoms with Gasteiger partial charge in [0.15, 0.2) is 0 Å². The first kappa shape index (κ1) is 14.4. The molecule has 0 aliphatic heterocycles. The van der Waals surface area contributed by atoms with E-state index in [2.05, 4.69) is 62.5 Å². The molecule has 2 rings (SSSR count). The molecule has 2 aromatic carbocycles. The van der Waals surface area contributed by atoms with Crippen LogP contribution in [0.25, 0.3) is 0 Å². The van der Waals surface area contributed by atoms with E-state index in [4.69, 9.17) is 4.74 Å². The van der Waals surface area contributed by atoms with E-state index < -0.39 is 0 Å². The number of aryl methyl sites for hydroxylation is 2. The Morgan fingerprint density at radius 3 is 2.30 bits per heavy atom. The molecule has 0 saturated heterocycles. The topological polar surface area (TPSA) is 21.3 Å². The minimum atomic E-state index is 0.336. The summed E-state index contributed by atoms with van der Waals surface area (Å²) in [5.41, 5.74) is 4.99. The summed E-state index contributed by atoms with van der Waals surface area (Å²) in [7, 11) is 1.70. The van der Waals surface area contributed by atoms with Crippen molar-refractivity contribution in [2.75, 3.05) is 12.4 Å². The van der Waals surface area contributed by atoms with Gasteiger partial charge >= 0.3 is 0 Å². The predicted molar refractivity (Wildman–Crippen MR) is 85.6 cm³/mol. The largest absolute Gasteiger partial charge is 0.497 e. The predicted octanol–water partition coefficient (Wildman–Crippen LogP) is 4.88. The van der Waals surface area contributed by atoms with Crippen LogP contribution in [0.2, 0.25) is 0 Å². The van der Waals surface area contributed by atoms with E-state index in [-0.39, 0.29) is 0 Å². The highest BCUT2D eigenvalue weighted by Crippen LogP contribution is 2.27. The van der Waals surface area contributed by atoms with Crippen LogP contribution in [0.3, 0.4) is 0 Å². The van der Waals surface area contributed by atoms with Gasteiger partial charge in [0.25, 0.3) is 0 Å². The van der Waals surface area contributed by atoms with Gasteiger partial charge < -0.3 is 10.1 Å². The standard InChI is InChI=1S/C18H23NO/c1-5-17(15-8-6-13(2)7-9-15)19-18-11-10-16(20-4)12-14(18)3/h6-12,17,19H,5H2,1-4H3. The van der Waals surface area contributed by atoms with Gasteiger partial charge in [-0.05, 0) is 49.6 Å². The zero-order chi connectivity index (χ0) is 14.5. The van der Waals surface area contributed by atoms with Crippen molar-refractivity contribution in [2.45, 2.75) is 33.2 Å². The van der Waals surface area contributed by atoms with Gasteiger partial charge in [0.05, 0.1) is 13.2 Å². The number of nitrogens with one attached hydrogen (secondary N) is 1. The van der Waals surface area contributed by atoms with Crippen molar-refractivity contribution in [1.29, 1.82) is 0 Å². The molecule has 0 amide bonds. The summed E-state index contributed by atoms with van der Waals surface area (Å²) < 4.78 is 5.25. The highest BCUT2D eigenvalue weighted by atomic mass is 16.5. The zero-order valence-electron chi connectivity index (χ0n) is 12.7. The van der Waals surface area contributed by atoms with E-state index in [9.17, 15) is 0 Å². The number of hydrogen-bond acceptors (Lipinski definition) is 2. The van der Waals surface area contributed by atoms with Crippen molar-refractivity contribution < 1.29 is 4.74 Å². The quantitative estimate of drug-likeness (QED) is 0.835. The summed E-state index contributed by atoms with van der Waals surface area (Å²) in [4.78, 5) is 0. The molecule has 2 aromatic rings. The van der Waals surface area contributed by atoms with Crippen LogP contribution in [0.4, 0.5) is 5.69 Å². The first-order valence-corrected chi connectivity index (χ1v) is 7.11. The minimum Gasteiger partial charge on any atom is -0.497 e. The average molecular weight is 269 g/mol. The molecule has 0 fully saturated rings. The zero-order valence-corrected chi connectivity index (χ0v) is 12.7. The Hall–Kier alpha value is -1.96. The Kier molecular flexibility index (Phi) is 4.67. The van der Waals surface area contributed by atoms with Gasteiger partial charge in [0, 0.05) is 5.69 Å². The van der Waals surface area contributed by atoms with Crippen LogP contribution >= 0.6 is 0 Å². The molecular formula is C18H23NO. The highest BCUT2D eigenvalue weighted by Gasteiger charge is 2.10. The van der Waals surface area contributed by atoms with Crippen molar-refractivity contribution in [1.82, 2.24) is 0 Å². The fraction of sp³-hybridized carbons (Fsp3) is 0.333. The average Bonchev–Trinajstić information content (AvgIpc) is 2.47. The fourth-order valence-electron chi connectivity index (χ4n) is 2.33. The van der Waals surface area contributed by atoms with Gasteiger partial charge in [-0.3, -0.25) is 0 Å². The third-order valence-corrected chi connectivity index (χ3v) is 3.65. The summed E-state index contributed by atoms with van der Waals surface area (Å²) >= 11 is 0. The third-order valence-electron chi connectivity index (χ3n) is 3.65. The second-order valence-corrected chi connectivity index (χ2v) is 5.20. The normalized spacial score (nSPS) is 12.0. The minimum absolute atomic E-state index is 0.336. The van der Waals surface area contributed by atoms with Crippen molar-refractivity contribution in [2.24, 2.45) is 0 Å². The van der Waals surface area contributed by atoms with E-state index in [0.29, 0.717) is 6.04 Å². The second-order valence-electron chi connectivity index (χ2n) is 5.20. The van der Waals surface area contributed by atoms with Crippen LogP contribution in [0.1, 0.15) is 36.1 Å². The molecule has 0 aliphatic carbocycles. The maximum absolute atomic E-state index is 5.25. The van der Waals surface area contributed by atoms with Crippen LogP contribution in [-0.4, -0.2) is 7.11 Å². The SMILES string of the molecule is CCC(Nc1ccc(OC)cc1C)c1ccc(C)cc1. The van der Waals surface area contributed by atoms with Gasteiger partial charge in [-0.25, -0.2) is 0 Å². The molecule has 0 saturated carbocycles. The third kappa shape index (κ3) is 3.32. The summed E-state index contributed by atoms with van der Waals surface area (Å²) in [6, 6.07) is 15.2. The molecule has 0 spiro atoms. The van der Waals surface area contributed by atoms with E-state index in [1.807, 2.05) is 6.07 Å². The lowest BCUT2D eigenvalue weighted by Gasteiger charge is -2.20. The lowest BCUT2D eigenvalue weighted by atomic mass is 10.0. The fourth-order valence-corrected chi connectivity index (χ4v) is 2.33. The number of ether oxygens (including phenoxy) is 1. The van der Waals surface area contributed by atoms with Crippen LogP contribution in [0, 0.1) is 13.8 Å². The molecule has 1 unspecified atom stereocenters. The van der Waals surface area contributed by atoms with Gasteiger partial charge in [-0.15, -0.1) is 0 Å². The van der Waals surface area contributed by atoms with Crippen molar-refractivity contribution in [3.05, 3.63) is 59.2 Å². The Labute approximate surface area is 121 Å². The molecule has 2 heteroatoms. The summed E-state index contributed by atoms with van der Waals surface area (Å²) in [5.74, 6) is 0.899. The molecule has 0 heterocycles. The van der Waals surface area contributed by atoms with Crippen molar-refractivity contribution >= 4 is 5.69 Å². The number of methoxy groups -OCH3 is 1. The molecular weight excluding hydrogens is 246 g/mol. The molecule has 0 radical (unpaired) electrons. The molecule has 0 aromatic heterocycles. The molecule has 0 aliphatic rings. The lowest BCUT2D eigenvalue weighted by Crippen LogP contribution is -2.10. The van der Waals surface area contributed by atoms with Gasteiger partial charge in [-0.2, -0.15) is 0 Å². The van der Waals surface area contributed by atoms with E-state index in [1.165, 1.54) is 22.4 Å². The summed E-state index contributed by atoms with van der Waals surface area (Å²) in [6.45, 7) is 6.43. The van der Waals surface area contributed by atoms with E-state index in [0.717, 1.165) is 12.2 Å². The number of rotatable bonds is 5. The first-order valence-electron chi connectivity index (χ1n) is 7.11. The van der Waals surface area contributed by atoms with Gasteiger partial charge in [-0.1, -0.05) is 36.8 Å². The van der Waals surface area contributed by atoms with Crippen LogP contribution in [-0.2, 0) is 0 Å². The molecule has 1 N–H and O–H groups in total. The first-order chi connectivity index (χ1) is 9.63. The Morgan fingerprint density at radius 1 is 1.05 bits per heavy atom. The van der Waals surface area contributed by atoms with Crippen molar-refractivity contribution in [3.63, 3.8) is 0 Å². The monoisotopic (exact) mass is 269 g/mol. The number of hydrogen-bond donors (Lipinski definition) is 1. The van der Waals surface area contributed by atoms with Crippen molar-refractivity contribution in [3.8, 4) is 5.75 Å². The summed E-state index contributed by atoms with van der Waals surface area (Å²) in [5, 5.41) is 3.63. The molecule has 0 bridgehead atoms. The maximum atomic E-state index is 5.25. The molecule has 2 nitrogen and oxygen atoms in total. The Bertz CT molecular complexity index is 560. The molecule has 106 valence electrons. The smallest absolute Gasteiger partial charge is 0.119 e. The second kappa shape index (κ2) is 6.47.